The number of hydrogen-bond donors (Lipinski definition) is 1. The van der Waals surface area contributed by atoms with Crippen LogP contribution in [0.15, 0.2) is 17.5 Å². The lowest BCUT2D eigenvalue weighted by molar-refractivity contribution is -0.141. The van der Waals surface area contributed by atoms with E-state index in [4.69, 9.17) is 10.5 Å². The van der Waals surface area contributed by atoms with Gasteiger partial charge in [0.25, 0.3) is 0 Å². The summed E-state index contributed by atoms with van der Waals surface area (Å²) < 4.78 is 4.81. The molecule has 2 N–H and O–H groups in total. The first-order chi connectivity index (χ1) is 5.83. The Bertz CT molecular complexity index is 233. The van der Waals surface area contributed by atoms with Crippen molar-refractivity contribution in [2.24, 2.45) is 5.73 Å². The summed E-state index contributed by atoms with van der Waals surface area (Å²) in [5, 5.41) is 2.00. The summed E-state index contributed by atoms with van der Waals surface area (Å²) in [6.45, 7) is 0.390. The molecule has 1 aromatic heterocycles. The van der Waals surface area contributed by atoms with Crippen molar-refractivity contribution in [1.29, 1.82) is 0 Å². The third kappa shape index (κ3) is 3.02. The summed E-state index contributed by atoms with van der Waals surface area (Å²) >= 11 is 1.66. The lowest BCUT2D eigenvalue weighted by Crippen LogP contribution is -2.17. The molecule has 0 aliphatic rings. The zero-order valence-corrected chi connectivity index (χ0v) is 7.47. The van der Waals surface area contributed by atoms with Crippen LogP contribution in [-0.2, 0) is 16.0 Å². The summed E-state index contributed by atoms with van der Waals surface area (Å²) in [6.07, 6.45) is 0.781. The highest BCUT2D eigenvalue weighted by Gasteiger charge is 1.98. The minimum Gasteiger partial charge on any atom is -0.464 e. The average Bonchev–Trinajstić information content (AvgIpc) is 2.57. The maximum Gasteiger partial charge on any atom is 0.319 e. The van der Waals surface area contributed by atoms with Crippen LogP contribution in [0.1, 0.15) is 4.88 Å². The van der Waals surface area contributed by atoms with Gasteiger partial charge in [-0.3, -0.25) is 4.79 Å². The van der Waals surface area contributed by atoms with Gasteiger partial charge in [0, 0.05) is 11.3 Å². The standard InChI is InChI=1S/C8H11NO2S/c9-6-8(10)11-4-3-7-2-1-5-12-7/h1-2,5H,3-4,6,9H2. The van der Waals surface area contributed by atoms with Crippen molar-refractivity contribution in [2.75, 3.05) is 13.2 Å². The van der Waals surface area contributed by atoms with Gasteiger partial charge in [0.15, 0.2) is 0 Å². The van der Waals surface area contributed by atoms with Crippen molar-refractivity contribution < 1.29 is 9.53 Å². The molecule has 66 valence electrons. The van der Waals surface area contributed by atoms with Gasteiger partial charge in [0.2, 0.25) is 0 Å². The van der Waals surface area contributed by atoms with Crippen molar-refractivity contribution in [3.63, 3.8) is 0 Å². The summed E-state index contributed by atoms with van der Waals surface area (Å²) in [5.41, 5.74) is 5.06. The molecule has 0 spiro atoms. The number of thiophene rings is 1. The largest absolute Gasteiger partial charge is 0.464 e. The van der Waals surface area contributed by atoms with Crippen LogP contribution < -0.4 is 5.73 Å². The molecule has 0 aliphatic heterocycles. The quantitative estimate of drug-likeness (QED) is 0.706. The Morgan fingerprint density at radius 3 is 3.08 bits per heavy atom. The van der Waals surface area contributed by atoms with Gasteiger partial charge in [-0.25, -0.2) is 0 Å². The highest BCUT2D eigenvalue weighted by molar-refractivity contribution is 7.09. The Hall–Kier alpha value is -0.870. The second-order valence-electron chi connectivity index (χ2n) is 2.25. The fourth-order valence-electron chi connectivity index (χ4n) is 0.779. The molecule has 12 heavy (non-hydrogen) atoms. The predicted octanol–water partition coefficient (Wildman–Crippen LogP) is 0.792. The first kappa shape index (κ1) is 9.22. The smallest absolute Gasteiger partial charge is 0.319 e. The van der Waals surface area contributed by atoms with E-state index in [1.165, 1.54) is 4.88 Å². The van der Waals surface area contributed by atoms with Gasteiger partial charge in [0.05, 0.1) is 13.2 Å². The molecular weight excluding hydrogens is 174 g/mol. The maximum absolute atomic E-state index is 10.6. The number of hydrogen-bond acceptors (Lipinski definition) is 4. The molecule has 1 aromatic rings. The molecule has 0 unspecified atom stereocenters. The van der Waals surface area contributed by atoms with E-state index in [1.54, 1.807) is 11.3 Å². The molecule has 0 saturated carbocycles. The average molecular weight is 185 g/mol. The lowest BCUT2D eigenvalue weighted by Gasteiger charge is -2.00. The SMILES string of the molecule is NCC(=O)OCCc1cccs1. The van der Waals surface area contributed by atoms with Gasteiger partial charge in [0.1, 0.15) is 0 Å². The molecule has 0 radical (unpaired) electrons. The Balaban J connectivity index is 2.15. The van der Waals surface area contributed by atoms with Crippen LogP contribution >= 0.6 is 11.3 Å². The van der Waals surface area contributed by atoms with Crippen LogP contribution in [-0.4, -0.2) is 19.1 Å². The van der Waals surface area contributed by atoms with Crippen LogP contribution in [0.2, 0.25) is 0 Å². The monoisotopic (exact) mass is 185 g/mol. The molecule has 4 heteroatoms. The van der Waals surface area contributed by atoms with Crippen molar-refractivity contribution in [3.8, 4) is 0 Å². The van der Waals surface area contributed by atoms with Gasteiger partial charge < -0.3 is 10.5 Å². The molecule has 3 nitrogen and oxygen atoms in total. The zero-order chi connectivity index (χ0) is 8.81. The first-order valence-electron chi connectivity index (χ1n) is 3.71. The van der Waals surface area contributed by atoms with E-state index in [0.29, 0.717) is 6.61 Å². The Morgan fingerprint density at radius 1 is 1.67 bits per heavy atom. The van der Waals surface area contributed by atoms with E-state index in [0.717, 1.165) is 6.42 Å². The second-order valence-corrected chi connectivity index (χ2v) is 3.29. The summed E-state index contributed by atoms with van der Waals surface area (Å²) in [4.78, 5) is 11.8. The van der Waals surface area contributed by atoms with Crippen LogP contribution in [0.4, 0.5) is 0 Å². The second kappa shape index (κ2) is 4.90. The van der Waals surface area contributed by atoms with Gasteiger partial charge >= 0.3 is 5.97 Å². The van der Waals surface area contributed by atoms with Crippen LogP contribution in [0.25, 0.3) is 0 Å². The molecule has 1 heterocycles. The number of ether oxygens (including phenoxy) is 1. The highest BCUT2D eigenvalue weighted by atomic mass is 32.1. The van der Waals surface area contributed by atoms with E-state index >= 15 is 0 Å². The number of carbonyl (C=O) groups excluding carboxylic acids is 1. The van der Waals surface area contributed by atoms with Gasteiger partial charge in [-0.15, -0.1) is 11.3 Å². The van der Waals surface area contributed by atoms with Crippen LogP contribution in [0.3, 0.4) is 0 Å². The summed E-state index contributed by atoms with van der Waals surface area (Å²) in [5.74, 6) is -0.341. The summed E-state index contributed by atoms with van der Waals surface area (Å²) in [6, 6.07) is 3.99. The Kier molecular flexibility index (Phi) is 3.76. The molecule has 0 amide bonds. The number of rotatable bonds is 4. The Morgan fingerprint density at radius 2 is 2.50 bits per heavy atom. The number of esters is 1. The van der Waals surface area contributed by atoms with Crippen molar-refractivity contribution in [2.45, 2.75) is 6.42 Å². The minimum atomic E-state index is -0.341. The van der Waals surface area contributed by atoms with Crippen molar-refractivity contribution in [3.05, 3.63) is 22.4 Å². The van der Waals surface area contributed by atoms with Crippen molar-refractivity contribution >= 4 is 17.3 Å². The normalized spacial score (nSPS) is 9.75. The molecular formula is C8H11NO2S. The Labute approximate surface area is 75.1 Å². The third-order valence-electron chi connectivity index (χ3n) is 1.36. The molecule has 0 aliphatic carbocycles. The predicted molar refractivity (Wildman–Crippen MR) is 48.0 cm³/mol. The number of nitrogens with two attached hydrogens (primary N) is 1. The molecule has 0 fully saturated rings. The van der Waals surface area contributed by atoms with Crippen LogP contribution in [0.5, 0.6) is 0 Å². The van der Waals surface area contributed by atoms with Gasteiger partial charge in [-0.05, 0) is 11.4 Å². The maximum atomic E-state index is 10.6. The topological polar surface area (TPSA) is 52.3 Å². The van der Waals surface area contributed by atoms with E-state index < -0.39 is 0 Å². The molecule has 1 rings (SSSR count). The first-order valence-corrected chi connectivity index (χ1v) is 4.59. The highest BCUT2D eigenvalue weighted by Crippen LogP contribution is 2.08. The zero-order valence-electron chi connectivity index (χ0n) is 6.66. The van der Waals surface area contributed by atoms with Crippen molar-refractivity contribution in [1.82, 2.24) is 0 Å². The fraction of sp³-hybridized carbons (Fsp3) is 0.375. The molecule has 0 aromatic carbocycles. The van der Waals surface area contributed by atoms with E-state index in [9.17, 15) is 4.79 Å². The lowest BCUT2D eigenvalue weighted by atomic mass is 10.4. The number of carbonyl (C=O) groups is 1. The van der Waals surface area contributed by atoms with Gasteiger partial charge in [-0.2, -0.15) is 0 Å². The molecule has 0 atom stereocenters. The fourth-order valence-corrected chi connectivity index (χ4v) is 1.47. The van der Waals surface area contributed by atoms with E-state index in [2.05, 4.69) is 0 Å². The van der Waals surface area contributed by atoms with E-state index in [1.807, 2.05) is 17.5 Å². The third-order valence-corrected chi connectivity index (χ3v) is 2.29. The minimum absolute atomic E-state index is 0.0373. The van der Waals surface area contributed by atoms with E-state index in [-0.39, 0.29) is 12.5 Å². The summed E-state index contributed by atoms with van der Waals surface area (Å²) in [7, 11) is 0. The van der Waals surface area contributed by atoms with Gasteiger partial charge in [-0.1, -0.05) is 6.07 Å². The molecule has 0 saturated heterocycles. The van der Waals surface area contributed by atoms with Crippen LogP contribution in [0, 0.1) is 0 Å². The molecule has 0 bridgehead atoms.